The van der Waals surface area contributed by atoms with Crippen molar-refractivity contribution in [3.05, 3.63) is 59.7 Å². The molecule has 1 N–H and O–H groups in total. The van der Waals surface area contributed by atoms with Crippen molar-refractivity contribution in [2.75, 3.05) is 25.2 Å². The van der Waals surface area contributed by atoms with Crippen molar-refractivity contribution >= 4 is 34.4 Å². The Hall–Kier alpha value is -2.12. The lowest BCUT2D eigenvalue weighted by atomic mass is 10.2. The first-order valence-electron chi connectivity index (χ1n) is 8.02. The number of carbonyl (C=O) groups is 2. The van der Waals surface area contributed by atoms with Crippen LogP contribution in [0.25, 0.3) is 0 Å². The molecule has 0 bridgehead atoms. The Morgan fingerprint density at radius 2 is 1.73 bits per heavy atom. The molecule has 0 heterocycles. The average molecular weight is 392 g/mol. The van der Waals surface area contributed by atoms with Gasteiger partial charge in [-0.3, -0.25) is 9.00 Å². The predicted octanol–water partition coefficient (Wildman–Crippen LogP) is 2.80. The van der Waals surface area contributed by atoms with Gasteiger partial charge in [0.05, 0.1) is 5.56 Å². The normalized spacial score (nSPS) is 11.6. The minimum absolute atomic E-state index is 0.321. The molecule has 0 saturated heterocycles. The molecule has 138 valence electrons. The summed E-state index contributed by atoms with van der Waals surface area (Å²) >= 11 is 1.65. The van der Waals surface area contributed by atoms with E-state index in [0.717, 1.165) is 10.6 Å². The van der Waals surface area contributed by atoms with Crippen molar-refractivity contribution in [3.63, 3.8) is 0 Å². The third-order valence-corrected chi connectivity index (χ3v) is 5.42. The number of nitrogens with one attached hydrogen (secondary N) is 1. The van der Waals surface area contributed by atoms with Crippen LogP contribution in [-0.2, 0) is 20.3 Å². The quantitative estimate of drug-likeness (QED) is 0.426. The lowest BCUT2D eigenvalue weighted by Gasteiger charge is -2.07. The first kappa shape index (κ1) is 20.2. The number of carbonyl (C=O) groups excluding carboxylic acids is 2. The van der Waals surface area contributed by atoms with Crippen molar-refractivity contribution in [2.45, 2.75) is 16.7 Å². The number of amides is 1. The van der Waals surface area contributed by atoms with Gasteiger partial charge >= 0.3 is 5.97 Å². The first-order valence-corrected chi connectivity index (χ1v) is 10.6. The molecule has 0 fully saturated rings. The van der Waals surface area contributed by atoms with Gasteiger partial charge in [-0.25, -0.2) is 4.79 Å². The van der Waals surface area contributed by atoms with Gasteiger partial charge in [0.1, 0.15) is 0 Å². The van der Waals surface area contributed by atoms with Gasteiger partial charge in [-0.2, -0.15) is 0 Å². The van der Waals surface area contributed by atoms with Crippen LogP contribution in [-0.4, -0.2) is 41.2 Å². The maximum absolute atomic E-state index is 11.9. The summed E-state index contributed by atoms with van der Waals surface area (Å²) in [6.07, 6.45) is 1.56. The van der Waals surface area contributed by atoms with Gasteiger partial charge in [0.15, 0.2) is 6.61 Å². The number of ether oxygens (including phenoxy) is 1. The monoisotopic (exact) mass is 391 g/mol. The number of benzene rings is 2. The zero-order valence-corrected chi connectivity index (χ0v) is 16.3. The average Bonchev–Trinajstić information content (AvgIpc) is 2.64. The number of esters is 1. The third kappa shape index (κ3) is 6.65. The SMILES string of the molecule is Cc1ccc(SCCNC(=O)COC(=O)c2ccc(S(C)=O)cc2)cc1. The molecule has 7 heteroatoms. The molecule has 1 amide bonds. The third-order valence-electron chi connectivity index (χ3n) is 3.47. The molecular formula is C19H21NO4S2. The second-order valence-corrected chi connectivity index (χ2v) is 8.11. The second-order valence-electron chi connectivity index (χ2n) is 5.57. The molecule has 5 nitrogen and oxygen atoms in total. The van der Waals surface area contributed by atoms with Gasteiger partial charge in [0.25, 0.3) is 5.91 Å². The Bertz CT molecular complexity index is 773. The highest BCUT2D eigenvalue weighted by Crippen LogP contribution is 2.17. The maximum Gasteiger partial charge on any atom is 0.338 e. The standard InChI is InChI=1S/C19H21NO4S2/c1-14-3-7-16(8-4-14)25-12-11-20-18(21)13-24-19(22)15-5-9-17(10-6-15)26(2)23/h3-10H,11-13H2,1-2H3,(H,20,21). The van der Waals surface area contributed by atoms with E-state index < -0.39 is 16.8 Å². The molecule has 0 saturated carbocycles. The van der Waals surface area contributed by atoms with Crippen LogP contribution in [0.3, 0.4) is 0 Å². The highest BCUT2D eigenvalue weighted by atomic mass is 32.2. The number of rotatable bonds is 8. The van der Waals surface area contributed by atoms with Crippen LogP contribution in [0, 0.1) is 6.92 Å². The Kier molecular flexibility index (Phi) is 7.87. The number of thioether (sulfide) groups is 1. The van der Waals surface area contributed by atoms with Gasteiger partial charge in [-0.05, 0) is 43.3 Å². The maximum atomic E-state index is 11.9. The Balaban J connectivity index is 1.66. The summed E-state index contributed by atoms with van der Waals surface area (Å²) in [6.45, 7) is 2.20. The summed E-state index contributed by atoms with van der Waals surface area (Å²) in [5.74, 6) is -0.185. The van der Waals surface area contributed by atoms with Gasteiger partial charge < -0.3 is 10.1 Å². The molecule has 0 aliphatic rings. The molecule has 0 aliphatic heterocycles. The van der Waals surface area contributed by atoms with E-state index in [2.05, 4.69) is 5.32 Å². The highest BCUT2D eigenvalue weighted by molar-refractivity contribution is 7.99. The van der Waals surface area contributed by atoms with Crippen molar-refractivity contribution in [1.82, 2.24) is 5.32 Å². The summed E-state index contributed by atoms with van der Waals surface area (Å²) in [7, 11) is -1.10. The van der Waals surface area contributed by atoms with E-state index in [0.29, 0.717) is 17.0 Å². The molecule has 0 aromatic heterocycles. The summed E-state index contributed by atoms with van der Waals surface area (Å²) in [5.41, 5.74) is 1.53. The first-order chi connectivity index (χ1) is 12.5. The van der Waals surface area contributed by atoms with E-state index in [1.54, 1.807) is 30.2 Å². The van der Waals surface area contributed by atoms with E-state index >= 15 is 0 Å². The zero-order valence-electron chi connectivity index (χ0n) is 14.7. The van der Waals surface area contributed by atoms with E-state index in [1.165, 1.54) is 17.7 Å². The van der Waals surface area contributed by atoms with Crippen LogP contribution < -0.4 is 5.32 Å². The summed E-state index contributed by atoms with van der Waals surface area (Å²) in [5, 5.41) is 2.72. The van der Waals surface area contributed by atoms with Crippen molar-refractivity contribution in [2.24, 2.45) is 0 Å². The van der Waals surface area contributed by atoms with E-state index in [1.807, 2.05) is 31.2 Å². The second kappa shape index (κ2) is 10.1. The smallest absolute Gasteiger partial charge is 0.338 e. The molecule has 1 unspecified atom stereocenters. The fourth-order valence-corrected chi connectivity index (χ4v) is 3.33. The largest absolute Gasteiger partial charge is 0.452 e. The van der Waals surface area contributed by atoms with E-state index in [9.17, 15) is 13.8 Å². The van der Waals surface area contributed by atoms with Crippen molar-refractivity contribution in [1.29, 1.82) is 0 Å². The van der Waals surface area contributed by atoms with Gasteiger partial charge in [0.2, 0.25) is 0 Å². The molecule has 0 radical (unpaired) electrons. The van der Waals surface area contributed by atoms with Crippen LogP contribution >= 0.6 is 11.8 Å². The zero-order chi connectivity index (χ0) is 18.9. The number of aryl methyl sites for hydroxylation is 1. The van der Waals surface area contributed by atoms with Crippen LogP contribution in [0.15, 0.2) is 58.3 Å². The minimum atomic E-state index is -1.10. The lowest BCUT2D eigenvalue weighted by molar-refractivity contribution is -0.124. The molecule has 0 aliphatic carbocycles. The molecule has 2 aromatic carbocycles. The van der Waals surface area contributed by atoms with E-state index in [4.69, 9.17) is 4.74 Å². The Labute approximate surface area is 160 Å². The molecule has 26 heavy (non-hydrogen) atoms. The van der Waals surface area contributed by atoms with Crippen LogP contribution in [0.5, 0.6) is 0 Å². The fraction of sp³-hybridized carbons (Fsp3) is 0.263. The number of hydrogen-bond donors (Lipinski definition) is 1. The van der Waals surface area contributed by atoms with Crippen molar-refractivity contribution in [3.8, 4) is 0 Å². The molecular weight excluding hydrogens is 370 g/mol. The molecule has 0 spiro atoms. The van der Waals surface area contributed by atoms with Crippen LogP contribution in [0.2, 0.25) is 0 Å². The molecule has 2 aromatic rings. The van der Waals surface area contributed by atoms with Gasteiger partial charge in [0, 0.05) is 39.1 Å². The minimum Gasteiger partial charge on any atom is -0.452 e. The Morgan fingerprint density at radius 1 is 1.08 bits per heavy atom. The molecule has 2 rings (SSSR count). The van der Waals surface area contributed by atoms with Gasteiger partial charge in [-0.1, -0.05) is 17.7 Å². The Morgan fingerprint density at radius 3 is 2.35 bits per heavy atom. The van der Waals surface area contributed by atoms with Crippen LogP contribution in [0.4, 0.5) is 0 Å². The van der Waals surface area contributed by atoms with Crippen molar-refractivity contribution < 1.29 is 18.5 Å². The van der Waals surface area contributed by atoms with Gasteiger partial charge in [-0.15, -0.1) is 11.8 Å². The predicted molar refractivity (Wildman–Crippen MR) is 104 cm³/mol. The van der Waals surface area contributed by atoms with Crippen LogP contribution in [0.1, 0.15) is 15.9 Å². The fourth-order valence-electron chi connectivity index (χ4n) is 2.04. The highest BCUT2D eigenvalue weighted by Gasteiger charge is 2.10. The summed E-state index contributed by atoms with van der Waals surface area (Å²) < 4.78 is 16.3. The molecule has 1 atom stereocenters. The lowest BCUT2D eigenvalue weighted by Crippen LogP contribution is -2.30. The van der Waals surface area contributed by atoms with E-state index in [-0.39, 0.29) is 12.5 Å². The topological polar surface area (TPSA) is 72.5 Å². The summed E-state index contributed by atoms with van der Waals surface area (Å²) in [6, 6.07) is 14.5. The summed E-state index contributed by atoms with van der Waals surface area (Å²) in [4.78, 5) is 25.4. The number of hydrogen-bond acceptors (Lipinski definition) is 5.